The van der Waals surface area contributed by atoms with Gasteiger partial charge >= 0.3 is 0 Å². The fourth-order valence-electron chi connectivity index (χ4n) is 3.96. The van der Waals surface area contributed by atoms with Crippen molar-refractivity contribution in [3.05, 3.63) is 106 Å². The number of fused-ring (bicyclic) bond motifs is 8. The molecule has 3 aromatic heterocycles. The van der Waals surface area contributed by atoms with Crippen molar-refractivity contribution in [2.45, 2.75) is 0 Å². The van der Waals surface area contributed by atoms with E-state index in [2.05, 4.69) is 19.9 Å². The fraction of sp³-hybridized carbons (Fsp3) is 0. The third kappa shape index (κ3) is 3.63. The van der Waals surface area contributed by atoms with Gasteiger partial charge in [-0.1, -0.05) is 0 Å². The van der Waals surface area contributed by atoms with Gasteiger partial charge < -0.3 is 9.97 Å². The molecule has 0 atom stereocenters. The molecular formula is C26H15F3N4. The van der Waals surface area contributed by atoms with Crippen molar-refractivity contribution in [3.8, 4) is 0 Å². The maximum Gasteiger partial charge on any atom is 0.194 e. The Morgan fingerprint density at radius 1 is 0.576 bits per heavy atom. The van der Waals surface area contributed by atoms with Crippen LogP contribution in [0.25, 0.3) is 45.9 Å². The molecule has 4 aromatic rings. The molecule has 0 amide bonds. The van der Waals surface area contributed by atoms with Crippen LogP contribution in [0.4, 0.5) is 13.2 Å². The summed E-state index contributed by atoms with van der Waals surface area (Å²) in [6, 6.07) is 17.1. The molecule has 0 saturated carbocycles. The molecule has 4 nitrogen and oxygen atoms in total. The Kier molecular flexibility index (Phi) is 4.29. The normalized spacial score (nSPS) is 12.8. The lowest BCUT2D eigenvalue weighted by molar-refractivity contribution is 0.446. The topological polar surface area (TPSA) is 57.4 Å². The molecule has 0 aliphatic carbocycles. The highest BCUT2D eigenvalue weighted by Crippen LogP contribution is 2.30. The van der Waals surface area contributed by atoms with E-state index in [9.17, 15) is 13.2 Å². The van der Waals surface area contributed by atoms with Gasteiger partial charge in [-0.2, -0.15) is 0 Å². The number of H-pyrrole nitrogens is 2. The lowest BCUT2D eigenvalue weighted by Crippen LogP contribution is -1.94. The van der Waals surface area contributed by atoms with Crippen LogP contribution in [-0.4, -0.2) is 19.9 Å². The van der Waals surface area contributed by atoms with Crippen LogP contribution in [0.1, 0.15) is 28.3 Å². The zero-order valence-electron chi connectivity index (χ0n) is 17.0. The van der Waals surface area contributed by atoms with E-state index in [1.54, 1.807) is 12.1 Å². The minimum absolute atomic E-state index is 0.203. The summed E-state index contributed by atoms with van der Waals surface area (Å²) in [5.74, 6) is -3.99. The van der Waals surface area contributed by atoms with E-state index in [1.165, 1.54) is 0 Å². The van der Waals surface area contributed by atoms with Crippen LogP contribution in [0.5, 0.6) is 0 Å². The summed E-state index contributed by atoms with van der Waals surface area (Å²) < 4.78 is 41.4. The van der Waals surface area contributed by atoms with Crippen LogP contribution in [0.3, 0.4) is 0 Å². The largest absolute Gasteiger partial charge is 0.355 e. The van der Waals surface area contributed by atoms with Gasteiger partial charge in [0.1, 0.15) is 0 Å². The van der Waals surface area contributed by atoms with Crippen LogP contribution in [-0.2, 0) is 0 Å². The number of hydrogen-bond acceptors (Lipinski definition) is 2. The first-order chi connectivity index (χ1) is 16.0. The lowest BCUT2D eigenvalue weighted by Gasteiger charge is -2.04. The number of nitrogens with one attached hydrogen (secondary N) is 2. The van der Waals surface area contributed by atoms with Crippen LogP contribution >= 0.6 is 0 Å². The van der Waals surface area contributed by atoms with Crippen LogP contribution < -0.4 is 0 Å². The Balaban J connectivity index is 1.63. The van der Waals surface area contributed by atoms with Gasteiger partial charge in [0.25, 0.3) is 0 Å². The predicted molar refractivity (Wildman–Crippen MR) is 123 cm³/mol. The van der Waals surface area contributed by atoms with Crippen molar-refractivity contribution < 1.29 is 13.2 Å². The van der Waals surface area contributed by atoms with Gasteiger partial charge in [-0.15, -0.1) is 0 Å². The Bertz CT molecular complexity index is 1630. The molecule has 1 aromatic carbocycles. The molecule has 2 aliphatic rings. The predicted octanol–water partition coefficient (Wildman–Crippen LogP) is 6.49. The first-order valence-electron chi connectivity index (χ1n) is 10.2. The van der Waals surface area contributed by atoms with Crippen molar-refractivity contribution in [1.82, 2.24) is 19.9 Å². The quantitative estimate of drug-likeness (QED) is 0.287. The van der Waals surface area contributed by atoms with Gasteiger partial charge in [0.05, 0.1) is 22.8 Å². The second-order valence-corrected chi connectivity index (χ2v) is 7.84. The molecule has 2 N–H and O–H groups in total. The van der Waals surface area contributed by atoms with E-state index in [0.29, 0.717) is 17.0 Å². The monoisotopic (exact) mass is 440 g/mol. The molecule has 2 aliphatic heterocycles. The van der Waals surface area contributed by atoms with E-state index in [-0.39, 0.29) is 5.56 Å². The molecular weight excluding hydrogens is 425 g/mol. The fourth-order valence-corrected chi connectivity index (χ4v) is 3.96. The standard InChI is InChI=1S/C26H15F3N4/c27-23-7-14(8-24(28)26(23)29)22-12-21-11-19-4-3-17(31-19)9-15-1-2-16(30-15)10-18-5-6-20(32-18)13-25(22)33-21/h1-13,31-32H. The Morgan fingerprint density at radius 2 is 1.09 bits per heavy atom. The first kappa shape index (κ1) is 19.3. The second kappa shape index (κ2) is 7.34. The molecule has 160 valence electrons. The third-order valence-corrected chi connectivity index (χ3v) is 5.46. The van der Waals surface area contributed by atoms with Gasteiger partial charge in [-0.05, 0) is 84.5 Å². The first-order valence-corrected chi connectivity index (χ1v) is 10.2. The molecule has 7 heteroatoms. The van der Waals surface area contributed by atoms with Crippen LogP contribution in [0.15, 0.2) is 60.7 Å². The molecule has 0 radical (unpaired) electrons. The van der Waals surface area contributed by atoms with Gasteiger partial charge in [0, 0.05) is 27.6 Å². The number of hydrogen-bond donors (Lipinski definition) is 2. The number of aromatic amines is 2. The highest BCUT2D eigenvalue weighted by molar-refractivity contribution is 5.93. The number of halogens is 3. The van der Waals surface area contributed by atoms with Crippen LogP contribution in [0.2, 0.25) is 0 Å². The molecule has 0 fully saturated rings. The van der Waals surface area contributed by atoms with Gasteiger partial charge in [0.2, 0.25) is 0 Å². The van der Waals surface area contributed by atoms with Gasteiger partial charge in [-0.3, -0.25) is 0 Å². The van der Waals surface area contributed by atoms with Crippen molar-refractivity contribution in [2.24, 2.45) is 0 Å². The van der Waals surface area contributed by atoms with E-state index in [1.807, 2.05) is 54.6 Å². The van der Waals surface area contributed by atoms with Crippen molar-refractivity contribution >= 4 is 45.9 Å². The Labute approximate surface area is 185 Å². The zero-order chi connectivity index (χ0) is 22.5. The number of nitrogens with zero attached hydrogens (tertiary/aromatic N) is 2. The van der Waals surface area contributed by atoms with Gasteiger partial charge in [-0.25, -0.2) is 23.1 Å². The molecule has 8 bridgehead atoms. The highest BCUT2D eigenvalue weighted by Gasteiger charge is 2.18. The van der Waals surface area contributed by atoms with E-state index >= 15 is 0 Å². The summed E-state index contributed by atoms with van der Waals surface area (Å²) in [7, 11) is 0. The number of benzene rings is 1. The number of rotatable bonds is 1. The minimum Gasteiger partial charge on any atom is -0.355 e. The summed E-state index contributed by atoms with van der Waals surface area (Å²) in [5, 5.41) is 0. The second-order valence-electron chi connectivity index (χ2n) is 7.84. The SMILES string of the molecule is Fc1cc(C2=Cc3cc4ccc(cc5nc(cc6ccc(cc2n3)[nH]6)C=C5)[nH]4)cc(F)c1F. The maximum atomic E-state index is 14.0. The molecule has 0 saturated heterocycles. The lowest BCUT2D eigenvalue weighted by atomic mass is 10.0. The zero-order valence-corrected chi connectivity index (χ0v) is 17.0. The highest BCUT2D eigenvalue weighted by atomic mass is 19.2. The molecule has 5 heterocycles. The van der Waals surface area contributed by atoms with Crippen LogP contribution in [0, 0.1) is 17.5 Å². The van der Waals surface area contributed by atoms with Gasteiger partial charge in [0.15, 0.2) is 17.5 Å². The minimum atomic E-state index is -1.50. The number of aromatic nitrogens is 4. The smallest absolute Gasteiger partial charge is 0.194 e. The van der Waals surface area contributed by atoms with E-state index in [0.717, 1.165) is 45.6 Å². The molecule has 0 unspecified atom stereocenters. The summed E-state index contributed by atoms with van der Waals surface area (Å²) in [6.07, 6.45) is 5.60. The average molecular weight is 440 g/mol. The maximum absolute atomic E-state index is 14.0. The van der Waals surface area contributed by atoms with E-state index < -0.39 is 17.5 Å². The summed E-state index contributed by atoms with van der Waals surface area (Å²) >= 11 is 0. The molecule has 6 rings (SSSR count). The van der Waals surface area contributed by atoms with Crippen molar-refractivity contribution in [2.75, 3.05) is 0 Å². The van der Waals surface area contributed by atoms with Crippen molar-refractivity contribution in [3.63, 3.8) is 0 Å². The Hall–Kier alpha value is -4.39. The molecule has 33 heavy (non-hydrogen) atoms. The third-order valence-electron chi connectivity index (χ3n) is 5.46. The average Bonchev–Trinajstić information content (AvgIpc) is 3.56. The van der Waals surface area contributed by atoms with E-state index in [4.69, 9.17) is 0 Å². The Morgan fingerprint density at radius 3 is 1.67 bits per heavy atom. The summed E-state index contributed by atoms with van der Waals surface area (Å²) in [6.45, 7) is 0. The molecule has 0 spiro atoms. The summed E-state index contributed by atoms with van der Waals surface area (Å²) in [4.78, 5) is 15.8. The summed E-state index contributed by atoms with van der Waals surface area (Å²) in [5.41, 5.74) is 6.71. The van der Waals surface area contributed by atoms with Crippen molar-refractivity contribution in [1.29, 1.82) is 0 Å².